The molecule has 0 saturated heterocycles. The Morgan fingerprint density at radius 2 is 1.72 bits per heavy atom. The van der Waals surface area contributed by atoms with Gasteiger partial charge in [0.15, 0.2) is 23.0 Å². The quantitative estimate of drug-likeness (QED) is 0.462. The topological polar surface area (TPSA) is 112 Å². The predicted molar refractivity (Wildman–Crippen MR) is 144 cm³/mol. The molecule has 1 aromatic heterocycles. The van der Waals surface area contributed by atoms with Gasteiger partial charge in [0.1, 0.15) is 24.9 Å². The zero-order chi connectivity index (χ0) is 27.2. The van der Waals surface area contributed by atoms with E-state index in [9.17, 15) is 9.59 Å². The average molecular weight is 533 g/mol. The van der Waals surface area contributed by atoms with Gasteiger partial charge in [-0.2, -0.15) is 0 Å². The minimum Gasteiger partial charge on any atom is -0.493 e. The highest BCUT2D eigenvalue weighted by Crippen LogP contribution is 2.39. The van der Waals surface area contributed by atoms with Gasteiger partial charge in [0.2, 0.25) is 5.91 Å². The van der Waals surface area contributed by atoms with E-state index >= 15 is 0 Å². The first-order chi connectivity index (χ1) is 19.1. The van der Waals surface area contributed by atoms with E-state index in [1.165, 1.54) is 30.6 Å². The molecule has 1 aliphatic carbocycles. The number of nitrogens with one attached hydrogen (secondary N) is 1. The summed E-state index contributed by atoms with van der Waals surface area (Å²) in [5.41, 5.74) is 1.10. The maximum absolute atomic E-state index is 14.1. The molecule has 2 aliphatic rings. The lowest BCUT2D eigenvalue weighted by molar-refractivity contribution is -0.123. The van der Waals surface area contributed by atoms with Crippen LogP contribution in [0.5, 0.6) is 23.0 Å². The van der Waals surface area contributed by atoms with Gasteiger partial charge in [-0.05, 0) is 42.7 Å². The lowest BCUT2D eigenvalue weighted by atomic mass is 9.94. The second kappa shape index (κ2) is 12.0. The van der Waals surface area contributed by atoms with Crippen LogP contribution in [0.3, 0.4) is 0 Å². The maximum Gasteiger partial charge on any atom is 0.279 e. The Labute approximate surface area is 227 Å². The first kappa shape index (κ1) is 26.3. The highest BCUT2D eigenvalue weighted by atomic mass is 16.6. The van der Waals surface area contributed by atoms with Crippen LogP contribution in [0.1, 0.15) is 54.2 Å². The Kier molecular flexibility index (Phi) is 8.10. The van der Waals surface area contributed by atoms with Gasteiger partial charge in [0.05, 0.1) is 20.4 Å². The number of benzene rings is 2. The van der Waals surface area contributed by atoms with Crippen molar-refractivity contribution >= 4 is 17.5 Å². The molecular weight excluding hydrogens is 500 g/mol. The maximum atomic E-state index is 14.1. The molecule has 10 heteroatoms. The third-order valence-corrected chi connectivity index (χ3v) is 6.99. The second-order valence-corrected chi connectivity index (χ2v) is 9.45. The highest BCUT2D eigenvalue weighted by molar-refractivity contribution is 6.09. The number of aromatic nitrogens is 2. The van der Waals surface area contributed by atoms with E-state index in [1.807, 2.05) is 0 Å². The zero-order valence-corrected chi connectivity index (χ0v) is 22.1. The summed E-state index contributed by atoms with van der Waals surface area (Å²) in [6.07, 6.45) is 9.37. The Bertz CT molecular complexity index is 1310. The summed E-state index contributed by atoms with van der Waals surface area (Å²) >= 11 is 0. The van der Waals surface area contributed by atoms with Gasteiger partial charge in [-0.1, -0.05) is 25.3 Å². The molecule has 1 unspecified atom stereocenters. The molecule has 5 rings (SSSR count). The fourth-order valence-electron chi connectivity index (χ4n) is 5.07. The van der Waals surface area contributed by atoms with Crippen molar-refractivity contribution in [2.75, 3.05) is 32.3 Å². The number of methoxy groups -OCH3 is 2. The van der Waals surface area contributed by atoms with Crippen molar-refractivity contribution in [3.05, 3.63) is 66.2 Å². The van der Waals surface area contributed by atoms with Crippen molar-refractivity contribution in [1.29, 1.82) is 0 Å². The number of nitrogens with zero attached hydrogens (tertiary/aromatic N) is 3. The van der Waals surface area contributed by atoms with E-state index in [1.54, 1.807) is 43.5 Å². The summed E-state index contributed by atoms with van der Waals surface area (Å²) in [5, 5.41) is 3.21. The van der Waals surface area contributed by atoms with Crippen molar-refractivity contribution in [3.63, 3.8) is 0 Å². The van der Waals surface area contributed by atoms with E-state index in [2.05, 4.69) is 15.3 Å². The van der Waals surface area contributed by atoms with Crippen LogP contribution in [0.15, 0.2) is 55.0 Å². The Hall–Kier alpha value is -4.34. The first-order valence-electron chi connectivity index (χ1n) is 13.1. The lowest BCUT2D eigenvalue weighted by Crippen LogP contribution is -2.47. The molecule has 2 amide bonds. The molecule has 1 aliphatic heterocycles. The van der Waals surface area contributed by atoms with Gasteiger partial charge >= 0.3 is 0 Å². The highest BCUT2D eigenvalue weighted by Gasteiger charge is 2.36. The fourth-order valence-corrected chi connectivity index (χ4v) is 5.07. The van der Waals surface area contributed by atoms with Crippen molar-refractivity contribution in [2.45, 2.75) is 44.2 Å². The molecule has 2 aromatic carbocycles. The standard InChI is InChI=1S/C29H32N4O6/c1-36-23-10-8-19(16-25(23)37-2)27(28(34)32-20-6-4-3-5-7-20)33(29(35)22-18-30-12-13-31-22)21-9-11-24-26(17-21)39-15-14-38-24/h8-13,16-18,20,27H,3-7,14-15H2,1-2H3,(H,32,34). The minimum absolute atomic E-state index is 0.0302. The SMILES string of the molecule is COc1ccc(C(C(=O)NC2CCCCC2)N(C(=O)c2cnccn2)c2ccc3c(c2)OCCO3)cc1OC. The van der Waals surface area contributed by atoms with Crippen LogP contribution < -0.4 is 29.2 Å². The Morgan fingerprint density at radius 1 is 0.949 bits per heavy atom. The summed E-state index contributed by atoms with van der Waals surface area (Å²) in [6.45, 7) is 0.822. The van der Waals surface area contributed by atoms with Crippen molar-refractivity contribution < 1.29 is 28.5 Å². The molecule has 0 bridgehead atoms. The molecule has 1 saturated carbocycles. The van der Waals surface area contributed by atoms with E-state index < -0.39 is 11.9 Å². The van der Waals surface area contributed by atoms with Crippen LogP contribution in [0.2, 0.25) is 0 Å². The van der Waals surface area contributed by atoms with Crippen LogP contribution in [0.25, 0.3) is 0 Å². The smallest absolute Gasteiger partial charge is 0.279 e. The molecule has 1 fully saturated rings. The number of anilines is 1. The molecular formula is C29H32N4O6. The van der Waals surface area contributed by atoms with Crippen LogP contribution in [0.4, 0.5) is 5.69 Å². The third-order valence-electron chi connectivity index (χ3n) is 6.99. The Morgan fingerprint density at radius 3 is 2.44 bits per heavy atom. The number of amides is 2. The Balaban J connectivity index is 1.64. The van der Waals surface area contributed by atoms with Gasteiger partial charge in [-0.25, -0.2) is 4.98 Å². The number of carbonyl (C=O) groups is 2. The first-order valence-corrected chi connectivity index (χ1v) is 13.1. The number of fused-ring (bicyclic) bond motifs is 1. The summed E-state index contributed by atoms with van der Waals surface area (Å²) in [5.74, 6) is 1.23. The number of hydrogen-bond acceptors (Lipinski definition) is 8. The molecule has 0 spiro atoms. The molecule has 10 nitrogen and oxygen atoms in total. The zero-order valence-electron chi connectivity index (χ0n) is 22.1. The minimum atomic E-state index is -1.05. The van der Waals surface area contributed by atoms with Crippen LogP contribution >= 0.6 is 0 Å². The van der Waals surface area contributed by atoms with Crippen LogP contribution in [0, 0.1) is 0 Å². The number of hydrogen-bond donors (Lipinski definition) is 1. The summed E-state index contributed by atoms with van der Waals surface area (Å²) < 4.78 is 22.5. The normalized spacial score (nSPS) is 15.6. The monoisotopic (exact) mass is 532 g/mol. The number of ether oxygens (including phenoxy) is 4. The molecule has 1 atom stereocenters. The van der Waals surface area contributed by atoms with Gasteiger partial charge < -0.3 is 24.3 Å². The van der Waals surface area contributed by atoms with Gasteiger partial charge in [-0.3, -0.25) is 19.5 Å². The molecule has 0 radical (unpaired) electrons. The summed E-state index contributed by atoms with van der Waals surface area (Å²) in [7, 11) is 3.08. The molecule has 2 heterocycles. The van der Waals surface area contributed by atoms with Crippen molar-refractivity contribution in [1.82, 2.24) is 15.3 Å². The largest absolute Gasteiger partial charge is 0.493 e. The van der Waals surface area contributed by atoms with E-state index in [4.69, 9.17) is 18.9 Å². The number of rotatable bonds is 8. The van der Waals surface area contributed by atoms with Crippen molar-refractivity contribution in [3.8, 4) is 23.0 Å². The van der Waals surface area contributed by atoms with Gasteiger partial charge in [0.25, 0.3) is 5.91 Å². The lowest BCUT2D eigenvalue weighted by Gasteiger charge is -2.34. The predicted octanol–water partition coefficient (Wildman–Crippen LogP) is 4.10. The van der Waals surface area contributed by atoms with E-state index in [-0.39, 0.29) is 17.6 Å². The second-order valence-electron chi connectivity index (χ2n) is 9.45. The fraction of sp³-hybridized carbons (Fsp3) is 0.379. The van der Waals surface area contributed by atoms with E-state index in [0.29, 0.717) is 47.5 Å². The van der Waals surface area contributed by atoms with Gasteiger partial charge in [0, 0.05) is 30.2 Å². The molecule has 204 valence electrons. The average Bonchev–Trinajstić information content (AvgIpc) is 2.99. The molecule has 3 aromatic rings. The number of carbonyl (C=O) groups excluding carboxylic acids is 2. The van der Waals surface area contributed by atoms with Crippen LogP contribution in [-0.4, -0.2) is 55.3 Å². The van der Waals surface area contributed by atoms with Crippen molar-refractivity contribution in [2.24, 2.45) is 0 Å². The molecule has 1 N–H and O–H groups in total. The van der Waals surface area contributed by atoms with E-state index in [0.717, 1.165) is 32.1 Å². The summed E-state index contributed by atoms with van der Waals surface area (Å²) in [4.78, 5) is 38.0. The van der Waals surface area contributed by atoms with Gasteiger partial charge in [-0.15, -0.1) is 0 Å². The third kappa shape index (κ3) is 5.74. The summed E-state index contributed by atoms with van der Waals surface area (Å²) in [6, 6.07) is 9.38. The van der Waals surface area contributed by atoms with Crippen LogP contribution in [-0.2, 0) is 4.79 Å². The molecule has 39 heavy (non-hydrogen) atoms.